The van der Waals surface area contributed by atoms with E-state index in [0.717, 1.165) is 25.4 Å². The van der Waals surface area contributed by atoms with E-state index in [1.165, 1.54) is 5.56 Å². The molecule has 1 aromatic rings. The molecule has 4 heteroatoms. The largest absolute Gasteiger partial charge is 0.497 e. The number of hydrogen-bond donors (Lipinski definition) is 2. The van der Waals surface area contributed by atoms with E-state index >= 15 is 0 Å². The molecule has 0 radical (unpaired) electrons. The van der Waals surface area contributed by atoms with Crippen molar-refractivity contribution in [2.24, 2.45) is 0 Å². The molecular weight excluding hydrogens is 252 g/mol. The number of nitrogens with one attached hydrogen (secondary N) is 1. The molecule has 1 aromatic carbocycles. The lowest BCUT2D eigenvalue weighted by Gasteiger charge is -2.23. The number of hydrogen-bond acceptors (Lipinski definition) is 4. The molecule has 0 saturated carbocycles. The van der Waals surface area contributed by atoms with Gasteiger partial charge >= 0.3 is 0 Å². The molecule has 0 amide bonds. The van der Waals surface area contributed by atoms with Crippen LogP contribution in [0, 0.1) is 0 Å². The Morgan fingerprint density at radius 1 is 1.20 bits per heavy atom. The van der Waals surface area contributed by atoms with E-state index in [-0.39, 0.29) is 12.1 Å². The fourth-order valence-corrected chi connectivity index (χ4v) is 2.17. The lowest BCUT2D eigenvalue weighted by molar-refractivity contribution is 0.114. The lowest BCUT2D eigenvalue weighted by atomic mass is 10.1. The summed E-state index contributed by atoms with van der Waals surface area (Å²) in [6.07, 6.45) is -0.337. The van der Waals surface area contributed by atoms with Crippen molar-refractivity contribution in [3.63, 3.8) is 0 Å². The van der Waals surface area contributed by atoms with Crippen molar-refractivity contribution in [1.29, 1.82) is 0 Å². The van der Waals surface area contributed by atoms with E-state index in [1.807, 2.05) is 24.3 Å². The summed E-state index contributed by atoms with van der Waals surface area (Å²) in [6, 6.07) is 8.23. The maximum atomic E-state index is 10.0. The Kier molecular flexibility index (Phi) is 7.59. The molecule has 4 nitrogen and oxygen atoms in total. The van der Waals surface area contributed by atoms with Crippen LogP contribution in [0.4, 0.5) is 0 Å². The average Bonchev–Trinajstić information content (AvgIpc) is 2.50. The predicted octanol–water partition coefficient (Wildman–Crippen LogP) is 2.05. The number of aliphatic hydroxyl groups excluding tert-OH is 1. The third kappa shape index (κ3) is 5.49. The van der Waals surface area contributed by atoms with Gasteiger partial charge in [0.25, 0.3) is 0 Å². The smallest absolute Gasteiger partial charge is 0.118 e. The van der Waals surface area contributed by atoms with Gasteiger partial charge in [0.1, 0.15) is 5.75 Å². The fraction of sp³-hybridized carbons (Fsp3) is 0.625. The minimum absolute atomic E-state index is 0.215. The second kappa shape index (κ2) is 8.95. The number of aliphatic hydroxyl groups is 1. The number of ether oxygens (including phenoxy) is 1. The third-order valence-electron chi connectivity index (χ3n) is 3.64. The second-order valence-electron chi connectivity index (χ2n) is 5.04. The molecule has 0 bridgehead atoms. The molecule has 0 aliphatic rings. The van der Waals surface area contributed by atoms with Crippen molar-refractivity contribution in [1.82, 2.24) is 10.2 Å². The third-order valence-corrected chi connectivity index (χ3v) is 3.64. The normalized spacial score (nSPS) is 14.3. The molecule has 0 aliphatic carbocycles. The van der Waals surface area contributed by atoms with Crippen molar-refractivity contribution in [3.05, 3.63) is 29.8 Å². The minimum Gasteiger partial charge on any atom is -0.497 e. The highest BCUT2D eigenvalue weighted by Crippen LogP contribution is 2.17. The van der Waals surface area contributed by atoms with Crippen molar-refractivity contribution < 1.29 is 9.84 Å². The van der Waals surface area contributed by atoms with Gasteiger partial charge in [0, 0.05) is 19.1 Å². The standard InChI is InChI=1S/C16H28N2O2/c1-5-18(6-2)12-15(19)11-17-13(3)14-7-9-16(20-4)10-8-14/h7-10,13,15,17,19H,5-6,11-12H2,1-4H3/t13-,15?/m0/s1. The van der Waals surface area contributed by atoms with Gasteiger partial charge in [0.15, 0.2) is 0 Å². The first-order valence-electron chi connectivity index (χ1n) is 7.38. The Labute approximate surface area is 122 Å². The molecule has 2 N–H and O–H groups in total. The number of benzene rings is 1. The number of nitrogens with zero attached hydrogens (tertiary/aromatic N) is 1. The lowest BCUT2D eigenvalue weighted by Crippen LogP contribution is -2.38. The summed E-state index contributed by atoms with van der Waals surface area (Å²) < 4.78 is 5.15. The first kappa shape index (κ1) is 17.0. The van der Waals surface area contributed by atoms with E-state index in [4.69, 9.17) is 4.74 Å². The zero-order valence-electron chi connectivity index (χ0n) is 13.1. The van der Waals surface area contributed by atoms with Crippen LogP contribution in [-0.4, -0.2) is 49.4 Å². The quantitative estimate of drug-likeness (QED) is 0.727. The van der Waals surface area contributed by atoms with Crippen LogP contribution in [0.5, 0.6) is 5.75 Å². The molecule has 0 fully saturated rings. The summed E-state index contributed by atoms with van der Waals surface area (Å²) in [5.74, 6) is 0.863. The summed E-state index contributed by atoms with van der Waals surface area (Å²) in [5.41, 5.74) is 1.20. The monoisotopic (exact) mass is 280 g/mol. The van der Waals surface area contributed by atoms with Crippen LogP contribution < -0.4 is 10.1 Å². The van der Waals surface area contributed by atoms with E-state index in [9.17, 15) is 5.11 Å². The number of likely N-dealkylation sites (N-methyl/N-ethyl adjacent to an activating group) is 1. The van der Waals surface area contributed by atoms with Crippen molar-refractivity contribution in [3.8, 4) is 5.75 Å². The van der Waals surface area contributed by atoms with Crippen LogP contribution in [0.1, 0.15) is 32.4 Å². The molecule has 114 valence electrons. The molecule has 0 aliphatic heterocycles. The molecule has 2 atom stereocenters. The number of rotatable bonds is 9. The van der Waals surface area contributed by atoms with E-state index in [0.29, 0.717) is 6.54 Å². The maximum absolute atomic E-state index is 10.0. The summed E-state index contributed by atoms with van der Waals surface area (Å²) in [5, 5.41) is 13.4. The van der Waals surface area contributed by atoms with Gasteiger partial charge in [0.05, 0.1) is 13.2 Å². The molecule has 0 aromatic heterocycles. The topological polar surface area (TPSA) is 44.7 Å². The molecule has 1 unspecified atom stereocenters. The second-order valence-corrected chi connectivity index (χ2v) is 5.04. The maximum Gasteiger partial charge on any atom is 0.118 e. The van der Waals surface area contributed by atoms with Crippen LogP contribution in [0.25, 0.3) is 0 Å². The van der Waals surface area contributed by atoms with Crippen LogP contribution in [-0.2, 0) is 0 Å². The Balaban J connectivity index is 2.39. The summed E-state index contributed by atoms with van der Waals surface area (Å²) >= 11 is 0. The minimum atomic E-state index is -0.337. The predicted molar refractivity (Wildman–Crippen MR) is 83.2 cm³/mol. The zero-order chi connectivity index (χ0) is 15.0. The van der Waals surface area contributed by atoms with Gasteiger partial charge in [-0.2, -0.15) is 0 Å². The zero-order valence-corrected chi connectivity index (χ0v) is 13.1. The van der Waals surface area contributed by atoms with Crippen LogP contribution in [0.15, 0.2) is 24.3 Å². The van der Waals surface area contributed by atoms with Gasteiger partial charge in [-0.3, -0.25) is 0 Å². The van der Waals surface area contributed by atoms with Gasteiger partial charge in [0.2, 0.25) is 0 Å². The molecule has 0 saturated heterocycles. The molecule has 0 heterocycles. The highest BCUT2D eigenvalue weighted by molar-refractivity contribution is 5.28. The highest BCUT2D eigenvalue weighted by atomic mass is 16.5. The first-order valence-corrected chi connectivity index (χ1v) is 7.38. The Morgan fingerprint density at radius 3 is 2.30 bits per heavy atom. The Hall–Kier alpha value is -1.10. The molecule has 1 rings (SSSR count). The van der Waals surface area contributed by atoms with E-state index in [2.05, 4.69) is 31.0 Å². The van der Waals surface area contributed by atoms with Gasteiger partial charge in [-0.15, -0.1) is 0 Å². The van der Waals surface area contributed by atoms with E-state index < -0.39 is 0 Å². The van der Waals surface area contributed by atoms with E-state index in [1.54, 1.807) is 7.11 Å². The van der Waals surface area contributed by atoms with Crippen LogP contribution in [0.2, 0.25) is 0 Å². The SMILES string of the molecule is CCN(CC)CC(O)CN[C@@H](C)c1ccc(OC)cc1. The van der Waals surface area contributed by atoms with Crippen molar-refractivity contribution >= 4 is 0 Å². The average molecular weight is 280 g/mol. The Bertz CT molecular complexity index is 363. The summed E-state index contributed by atoms with van der Waals surface area (Å²) in [7, 11) is 1.67. The fourth-order valence-electron chi connectivity index (χ4n) is 2.17. The van der Waals surface area contributed by atoms with Gasteiger partial charge < -0.3 is 20.1 Å². The molecule has 0 spiro atoms. The highest BCUT2D eigenvalue weighted by Gasteiger charge is 2.11. The summed E-state index contributed by atoms with van der Waals surface area (Å²) in [6.45, 7) is 9.60. The van der Waals surface area contributed by atoms with Crippen molar-refractivity contribution in [2.75, 3.05) is 33.3 Å². The van der Waals surface area contributed by atoms with Crippen LogP contribution in [0.3, 0.4) is 0 Å². The number of methoxy groups -OCH3 is 1. The molecule has 20 heavy (non-hydrogen) atoms. The van der Waals surface area contributed by atoms with Gasteiger partial charge in [-0.05, 0) is 37.7 Å². The van der Waals surface area contributed by atoms with Crippen LogP contribution >= 0.6 is 0 Å². The first-order chi connectivity index (χ1) is 9.60. The Morgan fingerprint density at radius 2 is 1.80 bits per heavy atom. The molecular formula is C16H28N2O2. The van der Waals surface area contributed by atoms with Crippen molar-refractivity contribution in [2.45, 2.75) is 32.9 Å². The summed E-state index contributed by atoms with van der Waals surface area (Å²) in [4.78, 5) is 2.23. The van der Waals surface area contributed by atoms with Gasteiger partial charge in [-0.1, -0.05) is 26.0 Å². The van der Waals surface area contributed by atoms with Gasteiger partial charge in [-0.25, -0.2) is 0 Å².